The molecule has 0 saturated carbocycles. The van der Waals surface area contributed by atoms with Crippen molar-refractivity contribution in [2.45, 2.75) is 6.92 Å². The summed E-state index contributed by atoms with van der Waals surface area (Å²) in [6, 6.07) is 9.20. The summed E-state index contributed by atoms with van der Waals surface area (Å²) in [5.41, 5.74) is 9.00. The number of benzene rings is 1. The second-order valence-electron chi connectivity index (χ2n) is 4.75. The van der Waals surface area contributed by atoms with Gasteiger partial charge in [0.05, 0.1) is 23.0 Å². The van der Waals surface area contributed by atoms with Gasteiger partial charge < -0.3 is 5.73 Å². The highest BCUT2D eigenvalue weighted by atomic mass is 35.5. The van der Waals surface area contributed by atoms with Crippen molar-refractivity contribution in [2.24, 2.45) is 5.73 Å². The Morgan fingerprint density at radius 2 is 1.90 bits per heavy atom. The number of hydrogen-bond donors (Lipinski definition) is 1. The predicted octanol–water partition coefficient (Wildman–Crippen LogP) is 3.36. The van der Waals surface area contributed by atoms with E-state index in [0.717, 1.165) is 22.0 Å². The Morgan fingerprint density at radius 3 is 2.57 bits per heavy atom. The smallest absolute Gasteiger partial charge is 0.250 e. The SMILES string of the molecule is Cc1nc2cncc(-c3ccc(Cl)cc3)c2cc1C(N)=O. The lowest BCUT2D eigenvalue weighted by Gasteiger charge is -2.09. The number of aryl methyl sites for hydroxylation is 1. The van der Waals surface area contributed by atoms with Crippen LogP contribution in [0.4, 0.5) is 0 Å². The third kappa shape index (κ3) is 2.45. The summed E-state index contributed by atoms with van der Waals surface area (Å²) in [7, 11) is 0. The summed E-state index contributed by atoms with van der Waals surface area (Å²) in [6.45, 7) is 1.76. The van der Waals surface area contributed by atoms with Crippen LogP contribution in [0.25, 0.3) is 22.0 Å². The number of carbonyl (C=O) groups excluding carboxylic acids is 1. The van der Waals surface area contributed by atoms with Crippen molar-refractivity contribution in [2.75, 3.05) is 0 Å². The van der Waals surface area contributed by atoms with Gasteiger partial charge in [0.15, 0.2) is 0 Å². The molecule has 0 spiro atoms. The number of halogens is 1. The average Bonchev–Trinajstić information content (AvgIpc) is 2.46. The lowest BCUT2D eigenvalue weighted by Crippen LogP contribution is -2.13. The van der Waals surface area contributed by atoms with Crippen LogP contribution in [0, 0.1) is 6.92 Å². The molecule has 3 rings (SSSR count). The topological polar surface area (TPSA) is 68.9 Å². The Bertz CT molecular complexity index is 844. The number of amides is 1. The van der Waals surface area contributed by atoms with E-state index in [1.54, 1.807) is 25.4 Å². The number of carbonyl (C=O) groups is 1. The summed E-state index contributed by atoms with van der Waals surface area (Å²) in [4.78, 5) is 20.1. The number of pyridine rings is 2. The van der Waals surface area contributed by atoms with Crippen LogP contribution in [-0.2, 0) is 0 Å². The van der Waals surface area contributed by atoms with Crippen molar-refractivity contribution in [1.29, 1.82) is 0 Å². The van der Waals surface area contributed by atoms with Crippen molar-refractivity contribution >= 4 is 28.4 Å². The Morgan fingerprint density at radius 1 is 1.19 bits per heavy atom. The van der Waals surface area contributed by atoms with Gasteiger partial charge in [0.1, 0.15) is 0 Å². The minimum Gasteiger partial charge on any atom is -0.366 e. The molecule has 0 aliphatic carbocycles. The highest BCUT2D eigenvalue weighted by Crippen LogP contribution is 2.29. The molecule has 2 N–H and O–H groups in total. The lowest BCUT2D eigenvalue weighted by molar-refractivity contribution is 0.0999. The molecule has 1 aromatic carbocycles. The number of hydrogen-bond acceptors (Lipinski definition) is 3. The van der Waals surface area contributed by atoms with Gasteiger partial charge >= 0.3 is 0 Å². The fourth-order valence-electron chi connectivity index (χ4n) is 2.30. The molecule has 4 nitrogen and oxygen atoms in total. The van der Waals surface area contributed by atoms with E-state index >= 15 is 0 Å². The van der Waals surface area contributed by atoms with Crippen molar-refractivity contribution < 1.29 is 4.79 Å². The maximum absolute atomic E-state index is 11.5. The second kappa shape index (κ2) is 5.14. The molecule has 0 atom stereocenters. The molecular weight excluding hydrogens is 286 g/mol. The first kappa shape index (κ1) is 13.5. The van der Waals surface area contributed by atoms with Crippen molar-refractivity contribution in [3.05, 3.63) is 59.0 Å². The van der Waals surface area contributed by atoms with Gasteiger partial charge in [0.25, 0.3) is 5.91 Å². The largest absolute Gasteiger partial charge is 0.366 e. The average molecular weight is 298 g/mol. The number of nitrogens with two attached hydrogens (primary N) is 1. The van der Waals surface area contributed by atoms with Gasteiger partial charge in [-0.2, -0.15) is 0 Å². The number of fused-ring (bicyclic) bond motifs is 1. The maximum atomic E-state index is 11.5. The molecule has 0 aliphatic rings. The van der Waals surface area contributed by atoms with Gasteiger partial charge in [-0.3, -0.25) is 14.8 Å². The van der Waals surface area contributed by atoms with E-state index in [2.05, 4.69) is 9.97 Å². The standard InChI is InChI=1S/C16H12ClN3O/c1-9-12(16(18)21)6-13-14(7-19-8-15(13)20-9)10-2-4-11(17)5-3-10/h2-8H,1H3,(H2,18,21). The lowest BCUT2D eigenvalue weighted by atomic mass is 10.0. The van der Waals surface area contributed by atoms with E-state index in [1.807, 2.05) is 24.3 Å². The van der Waals surface area contributed by atoms with E-state index in [-0.39, 0.29) is 0 Å². The van der Waals surface area contributed by atoms with Gasteiger partial charge in [-0.05, 0) is 30.7 Å². The monoisotopic (exact) mass is 297 g/mol. The Kier molecular flexibility index (Phi) is 3.31. The summed E-state index contributed by atoms with van der Waals surface area (Å²) < 4.78 is 0. The molecule has 1 amide bonds. The number of rotatable bonds is 2. The summed E-state index contributed by atoms with van der Waals surface area (Å²) in [6.07, 6.45) is 3.42. The molecule has 2 aromatic heterocycles. The van der Waals surface area contributed by atoms with Crippen LogP contribution in [-0.4, -0.2) is 15.9 Å². The minimum atomic E-state index is -0.485. The van der Waals surface area contributed by atoms with Crippen LogP contribution in [0.2, 0.25) is 5.02 Å². The van der Waals surface area contributed by atoms with Crippen LogP contribution in [0.15, 0.2) is 42.7 Å². The summed E-state index contributed by atoms with van der Waals surface area (Å²) >= 11 is 5.92. The molecule has 0 saturated heterocycles. The molecule has 0 radical (unpaired) electrons. The fraction of sp³-hybridized carbons (Fsp3) is 0.0625. The van der Waals surface area contributed by atoms with E-state index in [1.165, 1.54) is 0 Å². The molecule has 0 fully saturated rings. The number of nitrogens with zero attached hydrogens (tertiary/aromatic N) is 2. The molecule has 0 bridgehead atoms. The van der Waals surface area contributed by atoms with Gasteiger partial charge in [-0.15, -0.1) is 0 Å². The zero-order chi connectivity index (χ0) is 15.0. The molecular formula is C16H12ClN3O. The predicted molar refractivity (Wildman–Crippen MR) is 83.2 cm³/mol. The van der Waals surface area contributed by atoms with E-state index in [4.69, 9.17) is 17.3 Å². The van der Waals surface area contributed by atoms with E-state index in [0.29, 0.717) is 16.3 Å². The molecule has 0 unspecified atom stereocenters. The van der Waals surface area contributed by atoms with Crippen LogP contribution >= 0.6 is 11.6 Å². The Hall–Kier alpha value is -2.46. The highest BCUT2D eigenvalue weighted by Gasteiger charge is 2.12. The molecule has 5 heteroatoms. The van der Waals surface area contributed by atoms with Crippen LogP contribution < -0.4 is 5.73 Å². The summed E-state index contributed by atoms with van der Waals surface area (Å²) in [5.74, 6) is -0.485. The first-order chi connectivity index (χ1) is 10.1. The Balaban J connectivity index is 2.30. The zero-order valence-corrected chi connectivity index (χ0v) is 12.1. The quantitative estimate of drug-likeness (QED) is 0.788. The van der Waals surface area contributed by atoms with Crippen molar-refractivity contribution in [3.8, 4) is 11.1 Å². The minimum absolute atomic E-state index is 0.420. The maximum Gasteiger partial charge on any atom is 0.250 e. The van der Waals surface area contributed by atoms with Gasteiger partial charge in [0, 0.05) is 22.2 Å². The second-order valence-corrected chi connectivity index (χ2v) is 5.18. The molecule has 3 aromatic rings. The van der Waals surface area contributed by atoms with Gasteiger partial charge in [0.2, 0.25) is 0 Å². The van der Waals surface area contributed by atoms with Crippen LogP contribution in [0.5, 0.6) is 0 Å². The van der Waals surface area contributed by atoms with Gasteiger partial charge in [-0.1, -0.05) is 23.7 Å². The molecule has 21 heavy (non-hydrogen) atoms. The van der Waals surface area contributed by atoms with Gasteiger partial charge in [-0.25, -0.2) is 0 Å². The molecule has 0 aliphatic heterocycles. The van der Waals surface area contributed by atoms with Crippen LogP contribution in [0.3, 0.4) is 0 Å². The number of aromatic nitrogens is 2. The van der Waals surface area contributed by atoms with Crippen molar-refractivity contribution in [1.82, 2.24) is 9.97 Å². The number of primary amides is 1. The Labute approximate surface area is 126 Å². The fourth-order valence-corrected chi connectivity index (χ4v) is 2.42. The zero-order valence-electron chi connectivity index (χ0n) is 11.3. The third-order valence-corrected chi connectivity index (χ3v) is 3.61. The third-order valence-electron chi connectivity index (χ3n) is 3.35. The first-order valence-electron chi connectivity index (χ1n) is 6.37. The summed E-state index contributed by atoms with van der Waals surface area (Å²) in [5, 5.41) is 1.51. The first-order valence-corrected chi connectivity index (χ1v) is 6.75. The van der Waals surface area contributed by atoms with E-state index < -0.39 is 5.91 Å². The highest BCUT2D eigenvalue weighted by molar-refractivity contribution is 6.30. The molecule has 2 heterocycles. The van der Waals surface area contributed by atoms with Crippen LogP contribution in [0.1, 0.15) is 16.1 Å². The normalized spacial score (nSPS) is 10.8. The molecule has 104 valence electrons. The van der Waals surface area contributed by atoms with Crippen molar-refractivity contribution in [3.63, 3.8) is 0 Å². The van der Waals surface area contributed by atoms with E-state index in [9.17, 15) is 4.79 Å².